The Hall–Kier alpha value is -4.21. The van der Waals surface area contributed by atoms with Crippen molar-refractivity contribution < 1.29 is 9.47 Å². The lowest BCUT2D eigenvalue weighted by Crippen LogP contribution is -2.29. The largest absolute Gasteiger partial charge is 0.460 e. The molecule has 0 atom stereocenters. The predicted molar refractivity (Wildman–Crippen MR) is 121 cm³/mol. The van der Waals surface area contributed by atoms with Crippen LogP contribution in [0.2, 0.25) is 0 Å². The number of ether oxygens (including phenoxy) is 2. The summed E-state index contributed by atoms with van der Waals surface area (Å²) in [5.74, 6) is 1.81. The zero-order valence-electron chi connectivity index (χ0n) is 18.1. The highest BCUT2D eigenvalue weighted by Gasteiger charge is 2.24. The van der Waals surface area contributed by atoms with Crippen molar-refractivity contribution in [1.82, 2.24) is 0 Å². The molecule has 3 aliphatic heterocycles. The van der Waals surface area contributed by atoms with Crippen LogP contribution in [-0.2, 0) is 4.74 Å². The van der Waals surface area contributed by atoms with E-state index in [-0.39, 0.29) is 16.9 Å². The van der Waals surface area contributed by atoms with Crippen LogP contribution in [0.5, 0.6) is 5.75 Å². The third-order valence-corrected chi connectivity index (χ3v) is 5.71. The van der Waals surface area contributed by atoms with Gasteiger partial charge >= 0.3 is 0 Å². The van der Waals surface area contributed by atoms with Gasteiger partial charge in [0.15, 0.2) is 0 Å². The fourth-order valence-electron chi connectivity index (χ4n) is 4.10. The number of fused-ring (bicyclic) bond motifs is 1. The number of hydrogen-bond donors (Lipinski definition) is 0. The van der Waals surface area contributed by atoms with Gasteiger partial charge in [0.1, 0.15) is 52.4 Å². The molecule has 0 amide bonds. The van der Waals surface area contributed by atoms with Gasteiger partial charge in [0, 0.05) is 36.0 Å². The number of hydrogen-bond acceptors (Lipinski definition) is 6. The molecule has 0 radical (unpaired) electrons. The molecule has 0 spiro atoms. The van der Waals surface area contributed by atoms with Crippen molar-refractivity contribution in [2.75, 3.05) is 18.0 Å². The summed E-state index contributed by atoms with van der Waals surface area (Å²) in [4.78, 5) is 2.36. The summed E-state index contributed by atoms with van der Waals surface area (Å²) in [6.07, 6.45) is 8.58. The highest BCUT2D eigenvalue weighted by atomic mass is 16.5. The van der Waals surface area contributed by atoms with E-state index in [2.05, 4.69) is 23.1 Å². The topological polar surface area (TPSA) is 93.1 Å². The van der Waals surface area contributed by atoms with Gasteiger partial charge in [-0.3, -0.25) is 0 Å². The molecule has 1 aromatic carbocycles. The zero-order valence-corrected chi connectivity index (χ0v) is 18.1. The summed E-state index contributed by atoms with van der Waals surface area (Å²) < 4.78 is 12.0. The Morgan fingerprint density at radius 2 is 1.66 bits per heavy atom. The second-order valence-corrected chi connectivity index (χ2v) is 7.93. The minimum absolute atomic E-state index is 0.0414. The molecule has 3 aliphatic rings. The van der Waals surface area contributed by atoms with Gasteiger partial charge in [0.2, 0.25) is 0 Å². The number of nitriles is 3. The standard InChI is InChI=1S/C26H22N4O2/c1-17-10-24(23(16-29)25-12-19(11-18(2)31-25)20(14-27)15-28)32-26-13-21(6-7-22(17)26)30-8-4-3-5-9-30/h6-7,10-13H,3-5,8-9H2,1-2H3. The van der Waals surface area contributed by atoms with E-state index >= 15 is 0 Å². The van der Waals surface area contributed by atoms with E-state index in [1.807, 2.05) is 31.2 Å². The molecule has 6 heteroatoms. The van der Waals surface area contributed by atoms with E-state index < -0.39 is 0 Å². The Labute approximate surface area is 187 Å². The Balaban J connectivity index is 1.75. The van der Waals surface area contributed by atoms with Crippen molar-refractivity contribution >= 4 is 11.3 Å². The summed E-state index contributed by atoms with van der Waals surface area (Å²) in [5, 5.41) is 28.4. The zero-order chi connectivity index (χ0) is 22.7. The molecule has 0 aliphatic carbocycles. The van der Waals surface area contributed by atoms with Crippen LogP contribution in [-0.4, -0.2) is 13.1 Å². The van der Waals surface area contributed by atoms with Gasteiger partial charge in [-0.15, -0.1) is 0 Å². The number of nitrogens with zero attached hydrogens (tertiary/aromatic N) is 4. The average molecular weight is 422 g/mol. The van der Waals surface area contributed by atoms with Crippen molar-refractivity contribution in [3.8, 4) is 24.0 Å². The Morgan fingerprint density at radius 3 is 2.34 bits per heavy atom. The molecule has 1 fully saturated rings. The van der Waals surface area contributed by atoms with Crippen molar-refractivity contribution in [2.45, 2.75) is 33.1 Å². The minimum atomic E-state index is -0.0414. The molecule has 3 heterocycles. The fraction of sp³-hybridized carbons (Fsp3) is 0.269. The maximum atomic E-state index is 9.94. The average Bonchev–Trinajstić information content (AvgIpc) is 2.80. The summed E-state index contributed by atoms with van der Waals surface area (Å²) in [6.45, 7) is 5.75. The Morgan fingerprint density at radius 1 is 0.906 bits per heavy atom. The third kappa shape index (κ3) is 4.02. The first-order valence-electron chi connectivity index (χ1n) is 10.6. The number of anilines is 1. The first kappa shape index (κ1) is 21.0. The number of allylic oxidation sites excluding steroid dienone is 8. The molecule has 0 N–H and O–H groups in total. The lowest BCUT2D eigenvalue weighted by Gasteiger charge is -2.30. The van der Waals surface area contributed by atoms with Crippen LogP contribution in [0, 0.1) is 34.0 Å². The predicted octanol–water partition coefficient (Wildman–Crippen LogP) is 5.41. The summed E-state index contributed by atoms with van der Waals surface area (Å²) in [6, 6.07) is 12.2. The molecule has 0 saturated carbocycles. The van der Waals surface area contributed by atoms with Gasteiger partial charge in [-0.1, -0.05) is 0 Å². The fourth-order valence-corrected chi connectivity index (χ4v) is 4.10. The van der Waals surface area contributed by atoms with Gasteiger partial charge < -0.3 is 14.4 Å². The smallest absolute Gasteiger partial charge is 0.149 e. The highest BCUT2D eigenvalue weighted by molar-refractivity contribution is 5.77. The van der Waals surface area contributed by atoms with Crippen molar-refractivity contribution in [2.24, 2.45) is 0 Å². The lowest BCUT2D eigenvalue weighted by atomic mass is 9.99. The SMILES string of the molecule is CC1=CC(=C(C#N)C#N)C=C(C(C#N)=C2C=C(C)c3ccc(N4CCCCC4)cc3O2)O1. The van der Waals surface area contributed by atoms with Crippen LogP contribution in [0.1, 0.15) is 38.7 Å². The molecule has 6 nitrogen and oxygen atoms in total. The van der Waals surface area contributed by atoms with Crippen LogP contribution in [0.3, 0.4) is 0 Å². The van der Waals surface area contributed by atoms with Gasteiger partial charge in [-0.25, -0.2) is 0 Å². The number of benzene rings is 1. The molecule has 0 aromatic heterocycles. The Kier molecular flexibility index (Phi) is 5.84. The van der Waals surface area contributed by atoms with Crippen molar-refractivity contribution in [3.63, 3.8) is 0 Å². The van der Waals surface area contributed by atoms with Crippen LogP contribution >= 0.6 is 0 Å². The van der Waals surface area contributed by atoms with Crippen LogP contribution in [0.4, 0.5) is 5.69 Å². The molecule has 0 bridgehead atoms. The van der Waals surface area contributed by atoms with Gasteiger partial charge in [-0.2, -0.15) is 15.8 Å². The van der Waals surface area contributed by atoms with E-state index in [1.165, 1.54) is 25.3 Å². The summed E-state index contributed by atoms with van der Waals surface area (Å²) in [7, 11) is 0. The second kappa shape index (κ2) is 8.88. The Bertz CT molecular complexity index is 1230. The first-order valence-corrected chi connectivity index (χ1v) is 10.6. The molecular weight excluding hydrogens is 400 g/mol. The van der Waals surface area contributed by atoms with E-state index in [4.69, 9.17) is 9.47 Å². The molecule has 4 rings (SSSR count). The normalized spacial score (nSPS) is 18.9. The van der Waals surface area contributed by atoms with E-state index in [1.54, 1.807) is 13.0 Å². The van der Waals surface area contributed by atoms with Crippen LogP contribution in [0.15, 0.2) is 70.4 Å². The molecule has 1 saturated heterocycles. The minimum Gasteiger partial charge on any atom is -0.460 e. The van der Waals surface area contributed by atoms with E-state index in [9.17, 15) is 15.8 Å². The quantitative estimate of drug-likeness (QED) is 0.592. The highest BCUT2D eigenvalue weighted by Crippen LogP contribution is 2.39. The van der Waals surface area contributed by atoms with Gasteiger partial charge in [0.25, 0.3) is 0 Å². The van der Waals surface area contributed by atoms with E-state index in [0.29, 0.717) is 22.8 Å². The van der Waals surface area contributed by atoms with Crippen molar-refractivity contribution in [1.29, 1.82) is 15.8 Å². The van der Waals surface area contributed by atoms with Gasteiger partial charge in [-0.05, 0) is 69.0 Å². The number of piperidine rings is 1. The van der Waals surface area contributed by atoms with E-state index in [0.717, 1.165) is 29.9 Å². The summed E-state index contributed by atoms with van der Waals surface area (Å²) >= 11 is 0. The third-order valence-electron chi connectivity index (χ3n) is 5.71. The molecule has 32 heavy (non-hydrogen) atoms. The number of rotatable bonds is 2. The van der Waals surface area contributed by atoms with Crippen molar-refractivity contribution in [3.05, 3.63) is 76.0 Å². The maximum Gasteiger partial charge on any atom is 0.149 e. The lowest BCUT2D eigenvalue weighted by molar-refractivity contribution is 0.309. The monoisotopic (exact) mass is 422 g/mol. The maximum absolute atomic E-state index is 9.94. The molecule has 158 valence electrons. The first-order chi connectivity index (χ1) is 15.5. The van der Waals surface area contributed by atoms with Gasteiger partial charge in [0.05, 0.1) is 0 Å². The molecule has 0 unspecified atom stereocenters. The van der Waals surface area contributed by atoms with Crippen LogP contribution in [0.25, 0.3) is 5.57 Å². The molecular formula is C26H22N4O2. The summed E-state index contributed by atoms with van der Waals surface area (Å²) in [5.41, 5.74) is 3.65. The second-order valence-electron chi connectivity index (χ2n) is 7.93. The molecule has 1 aromatic rings. The van der Waals surface area contributed by atoms with Crippen LogP contribution < -0.4 is 9.64 Å².